The van der Waals surface area contributed by atoms with Gasteiger partial charge in [0.15, 0.2) is 0 Å². The second-order valence-electron chi connectivity index (χ2n) is 11.2. The number of aromatic carboxylic acids is 1. The van der Waals surface area contributed by atoms with Gasteiger partial charge in [-0.05, 0) is 115 Å². The van der Waals surface area contributed by atoms with Gasteiger partial charge in [-0.3, -0.25) is 4.79 Å². The number of rotatable bonds is 7. The number of carboxylic acids is 1. The summed E-state index contributed by atoms with van der Waals surface area (Å²) in [5.74, 6) is -0.912. The highest BCUT2D eigenvalue weighted by atomic mass is 16.4. The fraction of sp³-hybridized carbons (Fsp3) is 0.231. The van der Waals surface area contributed by atoms with Gasteiger partial charge >= 0.3 is 5.97 Å². The first-order valence-electron chi connectivity index (χ1n) is 14.9. The molecule has 0 fully saturated rings. The van der Waals surface area contributed by atoms with E-state index in [1.165, 1.54) is 39.0 Å². The summed E-state index contributed by atoms with van der Waals surface area (Å²) >= 11 is 0. The van der Waals surface area contributed by atoms with E-state index in [-0.39, 0.29) is 5.91 Å². The number of carbonyl (C=O) groups is 2. The molecule has 0 heterocycles. The molecule has 4 aromatic rings. The Labute approximate surface area is 255 Å². The molecule has 1 aliphatic carbocycles. The minimum Gasteiger partial charge on any atom is -0.478 e. The lowest BCUT2D eigenvalue weighted by molar-refractivity contribution is 0.0697. The zero-order valence-electron chi connectivity index (χ0n) is 25.8. The summed E-state index contributed by atoms with van der Waals surface area (Å²) < 4.78 is 0. The van der Waals surface area contributed by atoms with Gasteiger partial charge in [-0.1, -0.05) is 91.4 Å². The van der Waals surface area contributed by atoms with Crippen molar-refractivity contribution in [1.29, 1.82) is 0 Å². The van der Waals surface area contributed by atoms with Gasteiger partial charge in [0.05, 0.1) is 5.56 Å². The molecule has 0 saturated carbocycles. The van der Waals surface area contributed by atoms with Gasteiger partial charge in [-0.15, -0.1) is 0 Å². The smallest absolute Gasteiger partial charge is 0.336 e. The van der Waals surface area contributed by atoms with Crippen molar-refractivity contribution in [2.75, 3.05) is 0 Å². The lowest BCUT2D eigenvalue weighted by atomic mass is 9.93. The van der Waals surface area contributed by atoms with Gasteiger partial charge in [0.2, 0.25) is 0 Å². The number of carboxylic acid groups (broad SMARTS) is 1. The fourth-order valence-corrected chi connectivity index (χ4v) is 5.25. The van der Waals surface area contributed by atoms with E-state index >= 15 is 0 Å². The molecule has 0 aliphatic heterocycles. The number of allylic oxidation sites excluding steroid dienone is 3. The van der Waals surface area contributed by atoms with E-state index in [0.29, 0.717) is 17.7 Å². The largest absolute Gasteiger partial charge is 0.478 e. The molecule has 0 bridgehead atoms. The van der Waals surface area contributed by atoms with E-state index in [2.05, 4.69) is 70.3 Å². The van der Waals surface area contributed by atoms with E-state index in [0.717, 1.165) is 36.0 Å². The Morgan fingerprint density at radius 2 is 1.60 bits per heavy atom. The summed E-state index contributed by atoms with van der Waals surface area (Å²) in [6.45, 7) is 11.1. The molecule has 0 atom stereocenters. The van der Waals surface area contributed by atoms with E-state index in [1.54, 1.807) is 12.1 Å². The molecule has 0 saturated heterocycles. The predicted molar refractivity (Wildman–Crippen MR) is 178 cm³/mol. The van der Waals surface area contributed by atoms with E-state index in [9.17, 15) is 9.59 Å². The first-order chi connectivity index (χ1) is 20.7. The molecule has 220 valence electrons. The van der Waals surface area contributed by atoms with Gasteiger partial charge in [0, 0.05) is 12.1 Å². The summed E-state index contributed by atoms with van der Waals surface area (Å²) in [7, 11) is 0. The number of fused-ring (bicyclic) bond motifs is 1. The molecule has 4 aromatic carbocycles. The van der Waals surface area contributed by atoms with Crippen LogP contribution in [0.3, 0.4) is 0 Å². The van der Waals surface area contributed by atoms with Crippen LogP contribution in [0.4, 0.5) is 0 Å². The van der Waals surface area contributed by atoms with Gasteiger partial charge < -0.3 is 10.4 Å². The van der Waals surface area contributed by atoms with Crippen molar-refractivity contribution in [3.8, 4) is 11.1 Å². The highest BCUT2D eigenvalue weighted by molar-refractivity contribution is 5.96. The molecule has 5 rings (SSSR count). The molecule has 0 unspecified atom stereocenters. The molecule has 0 spiro atoms. The lowest BCUT2D eigenvalue weighted by Gasteiger charge is -2.16. The molecule has 4 nitrogen and oxygen atoms in total. The molecular formula is C39H41NO3. The number of benzene rings is 4. The normalized spacial score (nSPS) is 11.6. The van der Waals surface area contributed by atoms with E-state index in [1.807, 2.05) is 54.6 Å². The molecule has 1 aliphatic rings. The van der Waals surface area contributed by atoms with Crippen LogP contribution in [0.15, 0.2) is 96.6 Å². The monoisotopic (exact) mass is 571 g/mol. The Morgan fingerprint density at radius 3 is 2.30 bits per heavy atom. The topological polar surface area (TPSA) is 66.4 Å². The minimum absolute atomic E-state index is 0.0230. The Kier molecular flexibility index (Phi) is 10.5. The quantitative estimate of drug-likeness (QED) is 0.232. The van der Waals surface area contributed by atoms with Gasteiger partial charge in [0.25, 0.3) is 5.91 Å². The first-order valence-corrected chi connectivity index (χ1v) is 14.9. The second-order valence-corrected chi connectivity index (χ2v) is 11.2. The summed E-state index contributed by atoms with van der Waals surface area (Å²) in [5.41, 5.74) is 12.7. The van der Waals surface area contributed by atoms with Crippen LogP contribution in [0.5, 0.6) is 0 Å². The Hall–Kier alpha value is -4.70. The first kappa shape index (κ1) is 31.2. The zero-order valence-corrected chi connectivity index (χ0v) is 25.8. The molecule has 4 heteroatoms. The fourth-order valence-electron chi connectivity index (χ4n) is 5.25. The summed E-state index contributed by atoms with van der Waals surface area (Å²) in [6.07, 6.45) is 7.56. The number of amides is 1. The van der Waals surface area contributed by atoms with Crippen LogP contribution in [0.25, 0.3) is 22.8 Å². The molecule has 2 N–H and O–H groups in total. The Bertz CT molecular complexity index is 1670. The number of aryl methyl sites for hydroxylation is 3. The molecular weight excluding hydrogens is 530 g/mol. The SMILES string of the molecule is CC(C)=C(C)c1cc(C(=O)NCc2cccc3c2C=CCC3)ccc1C.CCc1ccc(-c2ccccc2C(=O)O)cc1. The van der Waals surface area contributed by atoms with Crippen molar-refractivity contribution < 1.29 is 14.7 Å². The molecule has 0 aromatic heterocycles. The molecule has 43 heavy (non-hydrogen) atoms. The van der Waals surface area contributed by atoms with Crippen molar-refractivity contribution in [2.45, 2.75) is 60.4 Å². The van der Waals surface area contributed by atoms with Gasteiger partial charge in [-0.2, -0.15) is 0 Å². The summed E-state index contributed by atoms with van der Waals surface area (Å²) in [5, 5.41) is 12.2. The minimum atomic E-state index is -0.889. The van der Waals surface area contributed by atoms with E-state index in [4.69, 9.17) is 5.11 Å². The highest BCUT2D eigenvalue weighted by Crippen LogP contribution is 2.26. The Balaban J connectivity index is 0.000000215. The summed E-state index contributed by atoms with van der Waals surface area (Å²) in [4.78, 5) is 23.8. The maximum Gasteiger partial charge on any atom is 0.336 e. The van der Waals surface area contributed by atoms with Crippen molar-refractivity contribution >= 4 is 23.5 Å². The third kappa shape index (κ3) is 7.78. The third-order valence-electron chi connectivity index (χ3n) is 8.08. The predicted octanol–water partition coefficient (Wildman–Crippen LogP) is 9.31. The van der Waals surface area contributed by atoms with Crippen molar-refractivity contribution in [2.24, 2.45) is 0 Å². The van der Waals surface area contributed by atoms with Crippen molar-refractivity contribution in [1.82, 2.24) is 5.32 Å². The van der Waals surface area contributed by atoms with Crippen LogP contribution < -0.4 is 5.32 Å². The summed E-state index contributed by atoms with van der Waals surface area (Å²) in [6, 6.07) is 27.4. The average Bonchev–Trinajstić information content (AvgIpc) is 3.03. The number of carbonyl (C=O) groups excluding carboxylic acids is 1. The molecule has 1 amide bonds. The highest BCUT2D eigenvalue weighted by Gasteiger charge is 2.13. The van der Waals surface area contributed by atoms with Crippen LogP contribution in [0, 0.1) is 6.92 Å². The lowest BCUT2D eigenvalue weighted by Crippen LogP contribution is -2.23. The Morgan fingerprint density at radius 1 is 0.860 bits per heavy atom. The maximum atomic E-state index is 12.7. The zero-order chi connectivity index (χ0) is 30.9. The van der Waals surface area contributed by atoms with Gasteiger partial charge in [-0.25, -0.2) is 4.79 Å². The number of hydrogen-bond donors (Lipinski definition) is 2. The average molecular weight is 572 g/mol. The van der Waals surface area contributed by atoms with Crippen LogP contribution >= 0.6 is 0 Å². The maximum absolute atomic E-state index is 12.7. The number of hydrogen-bond acceptors (Lipinski definition) is 2. The molecule has 0 radical (unpaired) electrons. The van der Waals surface area contributed by atoms with E-state index < -0.39 is 5.97 Å². The standard InChI is InChI=1S/C24H27NO.C15H14O2/c1-16(2)18(4)23-14-20(13-12-17(23)3)24(26)25-15-21-10-7-9-19-8-5-6-11-22(19)21;1-2-11-7-9-12(10-8-11)13-5-3-4-6-14(13)15(16)17/h6-7,9-14H,5,8,15H2,1-4H3,(H,25,26);3-10H,2H2,1H3,(H,16,17). The van der Waals surface area contributed by atoms with Crippen LogP contribution in [-0.2, 0) is 19.4 Å². The van der Waals surface area contributed by atoms with Crippen molar-refractivity contribution in [3.05, 3.63) is 141 Å². The van der Waals surface area contributed by atoms with Crippen molar-refractivity contribution in [3.63, 3.8) is 0 Å². The van der Waals surface area contributed by atoms with Crippen LogP contribution in [0.2, 0.25) is 0 Å². The third-order valence-corrected chi connectivity index (χ3v) is 8.08. The van der Waals surface area contributed by atoms with Crippen LogP contribution in [-0.4, -0.2) is 17.0 Å². The van der Waals surface area contributed by atoms with Crippen LogP contribution in [0.1, 0.15) is 88.2 Å². The second kappa shape index (κ2) is 14.5. The number of nitrogens with one attached hydrogen (secondary N) is 1. The van der Waals surface area contributed by atoms with Gasteiger partial charge in [0.1, 0.15) is 0 Å².